The van der Waals surface area contributed by atoms with Crippen molar-refractivity contribution in [1.29, 1.82) is 0 Å². The molecule has 7 heteroatoms. The van der Waals surface area contributed by atoms with Gasteiger partial charge in [-0.2, -0.15) is 0 Å². The molecule has 0 fully saturated rings. The summed E-state index contributed by atoms with van der Waals surface area (Å²) in [6, 6.07) is 10.5. The second-order valence-corrected chi connectivity index (χ2v) is 5.93. The molecule has 124 valence electrons. The third-order valence-corrected chi connectivity index (χ3v) is 4.09. The Morgan fingerprint density at radius 2 is 2.04 bits per heavy atom. The van der Waals surface area contributed by atoms with Crippen LogP contribution in [0.3, 0.4) is 0 Å². The second kappa shape index (κ2) is 6.49. The summed E-state index contributed by atoms with van der Waals surface area (Å²) in [6.07, 6.45) is 6.36. The van der Waals surface area contributed by atoms with Crippen LogP contribution >= 0.6 is 11.6 Å². The van der Waals surface area contributed by atoms with E-state index in [1.807, 2.05) is 12.1 Å². The predicted octanol–water partition coefficient (Wildman–Crippen LogP) is 4.22. The quantitative estimate of drug-likeness (QED) is 0.597. The van der Waals surface area contributed by atoms with Gasteiger partial charge in [0.05, 0.1) is 17.5 Å². The van der Waals surface area contributed by atoms with Gasteiger partial charge in [0.15, 0.2) is 0 Å². The van der Waals surface area contributed by atoms with Crippen molar-refractivity contribution in [2.75, 3.05) is 5.32 Å². The first kappa shape index (κ1) is 15.5. The lowest BCUT2D eigenvalue weighted by Gasteiger charge is -2.10. The lowest BCUT2D eigenvalue weighted by molar-refractivity contribution is 0.616. The molecular formula is C18H13ClFN5. The number of anilines is 1. The van der Waals surface area contributed by atoms with Gasteiger partial charge in [-0.1, -0.05) is 17.7 Å². The van der Waals surface area contributed by atoms with Gasteiger partial charge in [0.1, 0.15) is 18.0 Å². The summed E-state index contributed by atoms with van der Waals surface area (Å²) >= 11 is 5.99. The van der Waals surface area contributed by atoms with E-state index >= 15 is 0 Å². The summed E-state index contributed by atoms with van der Waals surface area (Å²) in [5.41, 5.74) is 2.03. The summed E-state index contributed by atoms with van der Waals surface area (Å²) in [6.45, 7) is 0.440. The second-order valence-electron chi connectivity index (χ2n) is 5.49. The van der Waals surface area contributed by atoms with Crippen molar-refractivity contribution >= 4 is 28.3 Å². The number of nitrogens with zero attached hydrogens (tertiary/aromatic N) is 4. The van der Waals surface area contributed by atoms with Crippen LogP contribution in [0.25, 0.3) is 16.6 Å². The van der Waals surface area contributed by atoms with E-state index in [1.165, 1.54) is 12.4 Å². The van der Waals surface area contributed by atoms with E-state index in [0.717, 1.165) is 16.5 Å². The number of halogens is 2. The fraction of sp³-hybridized carbons (Fsp3) is 0.0556. The molecule has 0 saturated heterocycles. The average molecular weight is 354 g/mol. The number of benzene rings is 2. The molecule has 0 atom stereocenters. The zero-order chi connectivity index (χ0) is 17.2. The molecule has 25 heavy (non-hydrogen) atoms. The van der Waals surface area contributed by atoms with Crippen LogP contribution in [0.1, 0.15) is 5.56 Å². The van der Waals surface area contributed by atoms with Gasteiger partial charge < -0.3 is 9.88 Å². The van der Waals surface area contributed by atoms with E-state index < -0.39 is 0 Å². The Morgan fingerprint density at radius 3 is 2.84 bits per heavy atom. The highest BCUT2D eigenvalue weighted by Crippen LogP contribution is 2.23. The highest BCUT2D eigenvalue weighted by atomic mass is 35.5. The first-order valence-corrected chi connectivity index (χ1v) is 7.99. The molecule has 0 spiro atoms. The van der Waals surface area contributed by atoms with E-state index in [2.05, 4.69) is 20.3 Å². The Kier molecular flexibility index (Phi) is 4.03. The van der Waals surface area contributed by atoms with Crippen molar-refractivity contribution in [2.45, 2.75) is 6.54 Å². The van der Waals surface area contributed by atoms with Crippen molar-refractivity contribution < 1.29 is 4.39 Å². The molecule has 4 rings (SSSR count). The number of rotatable bonds is 4. The molecule has 0 aliphatic heterocycles. The van der Waals surface area contributed by atoms with Crippen LogP contribution in [-0.4, -0.2) is 19.5 Å². The van der Waals surface area contributed by atoms with Crippen molar-refractivity contribution in [2.24, 2.45) is 0 Å². The first-order chi connectivity index (χ1) is 12.2. The predicted molar refractivity (Wildman–Crippen MR) is 95.4 cm³/mol. The molecule has 2 aromatic carbocycles. The largest absolute Gasteiger partial charge is 0.365 e. The van der Waals surface area contributed by atoms with E-state index in [-0.39, 0.29) is 5.82 Å². The van der Waals surface area contributed by atoms with Gasteiger partial charge in [-0.05, 0) is 35.9 Å². The zero-order valence-corrected chi connectivity index (χ0v) is 13.8. The molecular weight excluding hydrogens is 341 g/mol. The fourth-order valence-corrected chi connectivity index (χ4v) is 2.79. The minimum atomic E-state index is -0.309. The number of aromatic nitrogens is 4. The van der Waals surface area contributed by atoms with Crippen LogP contribution < -0.4 is 5.32 Å². The van der Waals surface area contributed by atoms with Gasteiger partial charge >= 0.3 is 0 Å². The van der Waals surface area contributed by atoms with Gasteiger partial charge in [0.2, 0.25) is 0 Å². The average Bonchev–Trinajstić information content (AvgIpc) is 3.14. The highest BCUT2D eigenvalue weighted by molar-refractivity contribution is 6.31. The van der Waals surface area contributed by atoms with Crippen molar-refractivity contribution in [3.05, 3.63) is 77.8 Å². The topological polar surface area (TPSA) is 55.6 Å². The third-order valence-electron chi connectivity index (χ3n) is 3.85. The molecule has 5 nitrogen and oxygen atoms in total. The van der Waals surface area contributed by atoms with Crippen molar-refractivity contribution in [3.63, 3.8) is 0 Å². The first-order valence-electron chi connectivity index (χ1n) is 7.61. The molecule has 0 bridgehead atoms. The summed E-state index contributed by atoms with van der Waals surface area (Å²) < 4.78 is 16.0. The van der Waals surface area contributed by atoms with E-state index in [1.54, 1.807) is 41.5 Å². The molecule has 0 saturated carbocycles. The lowest BCUT2D eigenvalue weighted by atomic mass is 10.2. The minimum absolute atomic E-state index is 0.309. The summed E-state index contributed by atoms with van der Waals surface area (Å²) in [7, 11) is 0. The van der Waals surface area contributed by atoms with Gasteiger partial charge in [0, 0.05) is 29.3 Å². The summed E-state index contributed by atoms with van der Waals surface area (Å²) in [4.78, 5) is 12.4. The van der Waals surface area contributed by atoms with Gasteiger partial charge in [-0.15, -0.1) is 0 Å². The number of nitrogens with one attached hydrogen (secondary N) is 1. The third kappa shape index (κ3) is 3.16. The standard InChI is InChI=1S/C18H13ClFN5/c19-13-2-3-14-16(8-13)23-10-24-18(14)22-9-12-1-4-17(15(20)7-12)25-6-5-21-11-25/h1-8,10-11H,9H2,(H,22,23,24). The molecule has 2 aromatic heterocycles. The molecule has 0 unspecified atom stereocenters. The van der Waals surface area contributed by atoms with Crippen molar-refractivity contribution in [3.8, 4) is 5.69 Å². The van der Waals surface area contributed by atoms with E-state index in [0.29, 0.717) is 23.1 Å². The lowest BCUT2D eigenvalue weighted by Crippen LogP contribution is -2.04. The maximum atomic E-state index is 14.3. The molecule has 0 aliphatic rings. The Labute approximate surface area is 148 Å². The molecule has 1 N–H and O–H groups in total. The zero-order valence-electron chi connectivity index (χ0n) is 13.0. The van der Waals surface area contributed by atoms with Crippen LogP contribution in [-0.2, 0) is 6.54 Å². The molecule has 2 heterocycles. The molecule has 0 radical (unpaired) electrons. The summed E-state index contributed by atoms with van der Waals surface area (Å²) in [5.74, 6) is 0.373. The SMILES string of the molecule is Fc1cc(CNc2ncnc3cc(Cl)ccc23)ccc1-n1ccnc1. The molecule has 0 amide bonds. The Balaban J connectivity index is 1.57. The van der Waals surface area contributed by atoms with Crippen LogP contribution in [0.15, 0.2) is 61.4 Å². The van der Waals surface area contributed by atoms with Crippen LogP contribution in [0, 0.1) is 5.82 Å². The smallest absolute Gasteiger partial charge is 0.147 e. The van der Waals surface area contributed by atoms with E-state index in [9.17, 15) is 4.39 Å². The highest BCUT2D eigenvalue weighted by Gasteiger charge is 2.07. The van der Waals surface area contributed by atoms with Crippen LogP contribution in [0.4, 0.5) is 10.2 Å². The number of hydrogen-bond acceptors (Lipinski definition) is 4. The van der Waals surface area contributed by atoms with Gasteiger partial charge in [-0.25, -0.2) is 19.3 Å². The Hall–Kier alpha value is -2.99. The van der Waals surface area contributed by atoms with E-state index in [4.69, 9.17) is 11.6 Å². The Morgan fingerprint density at radius 1 is 1.12 bits per heavy atom. The number of hydrogen-bond donors (Lipinski definition) is 1. The van der Waals surface area contributed by atoms with Crippen molar-refractivity contribution in [1.82, 2.24) is 19.5 Å². The normalized spacial score (nSPS) is 11.0. The maximum Gasteiger partial charge on any atom is 0.147 e. The molecule has 0 aliphatic carbocycles. The van der Waals surface area contributed by atoms with Gasteiger partial charge in [-0.3, -0.25) is 0 Å². The molecule has 4 aromatic rings. The van der Waals surface area contributed by atoms with Crippen LogP contribution in [0.2, 0.25) is 5.02 Å². The fourth-order valence-electron chi connectivity index (χ4n) is 2.63. The monoisotopic (exact) mass is 353 g/mol. The minimum Gasteiger partial charge on any atom is -0.365 e. The number of fused-ring (bicyclic) bond motifs is 1. The summed E-state index contributed by atoms with van der Waals surface area (Å²) in [5, 5.41) is 4.71. The van der Waals surface area contributed by atoms with Crippen LogP contribution in [0.5, 0.6) is 0 Å². The Bertz CT molecular complexity index is 1030. The maximum absolute atomic E-state index is 14.3. The van der Waals surface area contributed by atoms with Gasteiger partial charge in [0.25, 0.3) is 0 Å². The number of imidazole rings is 1.